The molecule has 4 N–H and O–H groups in total. The van der Waals surface area contributed by atoms with Gasteiger partial charge in [0.15, 0.2) is 5.13 Å². The van der Waals surface area contributed by atoms with E-state index >= 15 is 0 Å². The lowest BCUT2D eigenvalue weighted by molar-refractivity contribution is 0.0954. The average molecular weight is 390 g/mol. The maximum Gasteiger partial charge on any atom is 0.251 e. The van der Waals surface area contributed by atoms with E-state index in [1.54, 1.807) is 24.3 Å². The molecule has 136 valence electrons. The molecule has 1 amide bonds. The number of carbonyl (C=O) groups excluding carboxylic acids is 1. The van der Waals surface area contributed by atoms with Gasteiger partial charge in [0.25, 0.3) is 5.91 Å². The lowest BCUT2D eigenvalue weighted by Crippen LogP contribution is -2.29. The Labute approximate surface area is 155 Å². The van der Waals surface area contributed by atoms with Crippen molar-refractivity contribution in [1.29, 1.82) is 0 Å². The smallest absolute Gasteiger partial charge is 0.251 e. The highest BCUT2D eigenvalue weighted by Crippen LogP contribution is 2.24. The number of amides is 1. The first kappa shape index (κ1) is 18.3. The van der Waals surface area contributed by atoms with Gasteiger partial charge in [-0.3, -0.25) is 4.79 Å². The number of sulfonamides is 1. The highest BCUT2D eigenvalue weighted by Gasteiger charge is 2.14. The zero-order valence-electron chi connectivity index (χ0n) is 14.0. The van der Waals surface area contributed by atoms with Crippen LogP contribution in [0.5, 0.6) is 0 Å². The van der Waals surface area contributed by atoms with Crippen molar-refractivity contribution in [3.05, 3.63) is 53.6 Å². The fourth-order valence-corrected chi connectivity index (χ4v) is 3.84. The van der Waals surface area contributed by atoms with Gasteiger partial charge in [-0.05, 0) is 36.8 Å². The first-order chi connectivity index (χ1) is 12.3. The van der Waals surface area contributed by atoms with Gasteiger partial charge in [-0.25, -0.2) is 18.5 Å². The van der Waals surface area contributed by atoms with Gasteiger partial charge in [-0.2, -0.15) is 0 Å². The van der Waals surface area contributed by atoms with Crippen molar-refractivity contribution in [3.63, 3.8) is 0 Å². The average Bonchev–Trinajstić information content (AvgIpc) is 3.00. The summed E-state index contributed by atoms with van der Waals surface area (Å²) in [4.78, 5) is 16.7. The summed E-state index contributed by atoms with van der Waals surface area (Å²) in [5, 5.41) is 11.8. The summed E-state index contributed by atoms with van der Waals surface area (Å²) in [5.74, 6) is -0.348. The summed E-state index contributed by atoms with van der Waals surface area (Å²) in [5.41, 5.74) is 1.89. The van der Waals surface area contributed by atoms with E-state index in [1.165, 1.54) is 12.1 Å². The molecule has 7 nitrogen and oxygen atoms in total. The van der Waals surface area contributed by atoms with E-state index in [-0.39, 0.29) is 16.4 Å². The fraction of sp³-hybridized carbons (Fsp3) is 0.176. The van der Waals surface area contributed by atoms with Crippen molar-refractivity contribution in [2.75, 3.05) is 18.4 Å². The molecule has 0 radical (unpaired) electrons. The van der Waals surface area contributed by atoms with Crippen LogP contribution in [0.4, 0.5) is 5.13 Å². The van der Waals surface area contributed by atoms with E-state index in [9.17, 15) is 13.2 Å². The van der Waals surface area contributed by atoms with E-state index in [1.807, 2.05) is 24.3 Å². The molecule has 0 aliphatic heterocycles. The zero-order valence-corrected chi connectivity index (χ0v) is 15.7. The number of aromatic nitrogens is 1. The molecule has 0 atom stereocenters. The third-order valence-electron chi connectivity index (χ3n) is 3.76. The van der Waals surface area contributed by atoms with Gasteiger partial charge in [0.1, 0.15) is 0 Å². The topological polar surface area (TPSA) is 114 Å². The van der Waals surface area contributed by atoms with Crippen LogP contribution in [-0.2, 0) is 10.0 Å². The first-order valence-corrected chi connectivity index (χ1v) is 10.2. The highest BCUT2D eigenvalue weighted by molar-refractivity contribution is 7.89. The van der Waals surface area contributed by atoms with Gasteiger partial charge in [-0.1, -0.05) is 29.5 Å². The Morgan fingerprint density at radius 1 is 1.19 bits per heavy atom. The molecule has 0 unspecified atom stereocenters. The molecular formula is C17H18N4O3S2. The number of primary sulfonamides is 1. The number of para-hydroxylation sites is 1. The highest BCUT2D eigenvalue weighted by atomic mass is 32.2. The number of rotatable bonds is 6. The second kappa shape index (κ2) is 7.40. The maximum atomic E-state index is 12.3. The van der Waals surface area contributed by atoms with Gasteiger partial charge >= 0.3 is 0 Å². The number of hydrogen-bond donors (Lipinski definition) is 3. The Balaban J connectivity index is 1.59. The number of nitrogens with two attached hydrogens (primary N) is 1. The van der Waals surface area contributed by atoms with Crippen LogP contribution < -0.4 is 15.8 Å². The Bertz CT molecular complexity index is 1030. The van der Waals surface area contributed by atoms with Crippen LogP contribution in [0.25, 0.3) is 10.2 Å². The molecule has 3 aromatic rings. The summed E-state index contributed by atoms with van der Waals surface area (Å²) in [7, 11) is -3.85. The van der Waals surface area contributed by atoms with E-state index in [2.05, 4.69) is 15.6 Å². The van der Waals surface area contributed by atoms with E-state index in [0.29, 0.717) is 18.7 Å². The minimum Gasteiger partial charge on any atom is -0.360 e. The van der Waals surface area contributed by atoms with Crippen LogP contribution in [0, 0.1) is 6.92 Å². The van der Waals surface area contributed by atoms with Crippen molar-refractivity contribution >= 4 is 42.6 Å². The monoisotopic (exact) mass is 390 g/mol. The molecule has 1 aromatic heterocycles. The minimum absolute atomic E-state index is 0.0825. The number of benzene rings is 2. The molecule has 0 bridgehead atoms. The molecule has 2 aromatic carbocycles. The molecule has 0 saturated heterocycles. The standard InChI is InChI=1S/C17H18N4O3S2/c1-11-6-7-12(26(18,23)24)10-13(11)16(22)19-8-9-20-17-21-14-4-2-3-5-15(14)25-17/h2-7,10H,8-9H2,1H3,(H,19,22)(H,20,21)(H2,18,23,24). The molecule has 0 aliphatic carbocycles. The van der Waals surface area contributed by atoms with Crippen molar-refractivity contribution in [2.24, 2.45) is 5.14 Å². The molecule has 0 fully saturated rings. The summed E-state index contributed by atoms with van der Waals surface area (Å²) < 4.78 is 24.0. The van der Waals surface area contributed by atoms with Gasteiger partial charge < -0.3 is 10.6 Å². The predicted octanol–water partition coefficient (Wildman–Crippen LogP) is 2.09. The Hall–Kier alpha value is -2.49. The molecule has 9 heteroatoms. The van der Waals surface area contributed by atoms with Crippen LogP contribution in [0.1, 0.15) is 15.9 Å². The largest absolute Gasteiger partial charge is 0.360 e. The van der Waals surface area contributed by atoms with Gasteiger partial charge in [0, 0.05) is 18.7 Å². The van der Waals surface area contributed by atoms with Gasteiger partial charge in [0.05, 0.1) is 15.1 Å². The van der Waals surface area contributed by atoms with Crippen LogP contribution in [-0.4, -0.2) is 32.4 Å². The van der Waals surface area contributed by atoms with E-state index < -0.39 is 10.0 Å². The van der Waals surface area contributed by atoms with Crippen molar-refractivity contribution < 1.29 is 13.2 Å². The van der Waals surface area contributed by atoms with Crippen molar-refractivity contribution in [2.45, 2.75) is 11.8 Å². The number of fused-ring (bicyclic) bond motifs is 1. The molecule has 0 aliphatic rings. The lowest BCUT2D eigenvalue weighted by Gasteiger charge is -2.09. The van der Waals surface area contributed by atoms with Gasteiger partial charge in [0.2, 0.25) is 10.0 Å². The number of carbonyl (C=O) groups is 1. The zero-order chi connectivity index (χ0) is 18.7. The normalized spacial score (nSPS) is 11.5. The van der Waals surface area contributed by atoms with Crippen LogP contribution in [0.3, 0.4) is 0 Å². The molecule has 0 spiro atoms. The van der Waals surface area contributed by atoms with E-state index in [0.717, 1.165) is 15.3 Å². The lowest BCUT2D eigenvalue weighted by atomic mass is 10.1. The number of nitrogens with zero attached hydrogens (tertiary/aromatic N) is 1. The summed E-state index contributed by atoms with van der Waals surface area (Å²) in [6.07, 6.45) is 0. The number of thiazole rings is 1. The number of hydrogen-bond acceptors (Lipinski definition) is 6. The summed E-state index contributed by atoms with van der Waals surface area (Å²) in [6, 6.07) is 12.1. The third kappa shape index (κ3) is 4.18. The third-order valence-corrected chi connectivity index (χ3v) is 5.67. The predicted molar refractivity (Wildman–Crippen MR) is 103 cm³/mol. The van der Waals surface area contributed by atoms with Crippen LogP contribution in [0.15, 0.2) is 47.4 Å². The molecule has 0 saturated carbocycles. The van der Waals surface area contributed by atoms with Crippen LogP contribution >= 0.6 is 11.3 Å². The number of nitrogens with one attached hydrogen (secondary N) is 2. The quantitative estimate of drug-likeness (QED) is 0.558. The molecule has 1 heterocycles. The molecular weight excluding hydrogens is 372 g/mol. The summed E-state index contributed by atoms with van der Waals surface area (Å²) >= 11 is 1.54. The second-order valence-electron chi connectivity index (χ2n) is 5.69. The second-order valence-corrected chi connectivity index (χ2v) is 8.28. The maximum absolute atomic E-state index is 12.3. The van der Waals surface area contributed by atoms with Crippen molar-refractivity contribution in [1.82, 2.24) is 10.3 Å². The van der Waals surface area contributed by atoms with E-state index in [4.69, 9.17) is 5.14 Å². The first-order valence-electron chi connectivity index (χ1n) is 7.86. The Kier molecular flexibility index (Phi) is 5.21. The minimum atomic E-state index is -3.85. The number of anilines is 1. The Morgan fingerprint density at radius 2 is 1.96 bits per heavy atom. The summed E-state index contributed by atoms with van der Waals surface area (Å²) in [6.45, 7) is 2.61. The van der Waals surface area contributed by atoms with Crippen molar-refractivity contribution in [3.8, 4) is 0 Å². The number of aryl methyl sites for hydroxylation is 1. The Morgan fingerprint density at radius 3 is 2.69 bits per heavy atom. The molecule has 3 rings (SSSR count). The van der Waals surface area contributed by atoms with Crippen LogP contribution in [0.2, 0.25) is 0 Å². The SMILES string of the molecule is Cc1ccc(S(N)(=O)=O)cc1C(=O)NCCNc1nc2ccccc2s1. The fourth-order valence-electron chi connectivity index (χ4n) is 2.41. The van der Waals surface area contributed by atoms with Gasteiger partial charge in [-0.15, -0.1) is 0 Å². The molecule has 26 heavy (non-hydrogen) atoms.